The van der Waals surface area contributed by atoms with Gasteiger partial charge >= 0.3 is 0 Å². The van der Waals surface area contributed by atoms with Gasteiger partial charge in [-0.15, -0.1) is 0 Å². The first-order valence-electron chi connectivity index (χ1n) is 7.91. The van der Waals surface area contributed by atoms with Gasteiger partial charge in [-0.05, 0) is 31.2 Å². The summed E-state index contributed by atoms with van der Waals surface area (Å²) >= 11 is 0. The van der Waals surface area contributed by atoms with Crippen LogP contribution in [-0.4, -0.2) is 43.2 Å². The maximum absolute atomic E-state index is 13.2. The van der Waals surface area contributed by atoms with Crippen LogP contribution < -0.4 is 5.73 Å². The zero-order valence-corrected chi connectivity index (χ0v) is 12.5. The predicted octanol–water partition coefficient (Wildman–Crippen LogP) is 1.68. The van der Waals surface area contributed by atoms with Crippen LogP contribution in [0.1, 0.15) is 31.2 Å². The summed E-state index contributed by atoms with van der Waals surface area (Å²) in [5.41, 5.74) is 6.76. The number of nitrogens with two attached hydrogens (primary N) is 1. The Hall–Kier alpha value is -1.39. The zero-order chi connectivity index (χ0) is 14.7. The van der Waals surface area contributed by atoms with Gasteiger partial charge in [-0.25, -0.2) is 0 Å². The first-order valence-corrected chi connectivity index (χ1v) is 7.91. The molecular weight excluding hydrogens is 264 g/mol. The molecule has 0 aromatic heterocycles. The summed E-state index contributed by atoms with van der Waals surface area (Å²) in [5.74, 6) is 0.243. The van der Waals surface area contributed by atoms with Crippen LogP contribution in [0.25, 0.3) is 0 Å². The molecule has 1 atom stereocenters. The highest BCUT2D eigenvalue weighted by molar-refractivity contribution is 5.88. The number of carbonyl (C=O) groups is 1. The lowest BCUT2D eigenvalue weighted by atomic mass is 9.72. The maximum atomic E-state index is 13.2. The minimum absolute atomic E-state index is 0.121. The number of likely N-dealkylation sites (tertiary alicyclic amines) is 1. The van der Waals surface area contributed by atoms with Gasteiger partial charge in [-0.2, -0.15) is 0 Å². The average molecular weight is 288 g/mol. The van der Waals surface area contributed by atoms with E-state index in [1.165, 1.54) is 0 Å². The van der Waals surface area contributed by atoms with Crippen molar-refractivity contribution in [3.8, 4) is 0 Å². The van der Waals surface area contributed by atoms with Crippen molar-refractivity contribution in [1.29, 1.82) is 0 Å². The van der Waals surface area contributed by atoms with E-state index in [1.54, 1.807) is 0 Å². The highest BCUT2D eigenvalue weighted by atomic mass is 16.5. The second-order valence-electron chi connectivity index (χ2n) is 6.21. The van der Waals surface area contributed by atoms with Gasteiger partial charge in [0.25, 0.3) is 0 Å². The topological polar surface area (TPSA) is 55.6 Å². The molecule has 21 heavy (non-hydrogen) atoms. The molecule has 4 nitrogen and oxygen atoms in total. The summed E-state index contributed by atoms with van der Waals surface area (Å²) in [5, 5.41) is 0. The number of amides is 1. The minimum Gasteiger partial charge on any atom is -0.381 e. The second-order valence-corrected chi connectivity index (χ2v) is 6.21. The van der Waals surface area contributed by atoms with Gasteiger partial charge < -0.3 is 15.4 Å². The summed E-state index contributed by atoms with van der Waals surface area (Å²) in [6.45, 7) is 2.83. The van der Waals surface area contributed by atoms with Gasteiger partial charge in [-0.3, -0.25) is 4.79 Å². The lowest BCUT2D eigenvalue weighted by Crippen LogP contribution is -2.54. The van der Waals surface area contributed by atoms with Crippen molar-refractivity contribution in [2.75, 3.05) is 26.3 Å². The number of rotatable bonds is 2. The van der Waals surface area contributed by atoms with Crippen molar-refractivity contribution >= 4 is 5.91 Å². The molecule has 0 radical (unpaired) electrons. The smallest absolute Gasteiger partial charge is 0.233 e. The Kier molecular flexibility index (Phi) is 4.27. The van der Waals surface area contributed by atoms with Crippen LogP contribution in [0.4, 0.5) is 0 Å². The lowest BCUT2D eigenvalue weighted by Gasteiger charge is -2.42. The van der Waals surface area contributed by atoms with Crippen molar-refractivity contribution in [1.82, 2.24) is 4.90 Å². The molecule has 0 bridgehead atoms. The van der Waals surface area contributed by atoms with E-state index in [0.717, 1.165) is 37.8 Å². The molecule has 114 valence electrons. The fraction of sp³-hybridized carbons (Fsp3) is 0.588. The third-order valence-corrected chi connectivity index (χ3v) is 4.83. The number of nitrogens with zero attached hydrogens (tertiary/aromatic N) is 1. The summed E-state index contributed by atoms with van der Waals surface area (Å²) < 4.78 is 5.51. The van der Waals surface area contributed by atoms with Crippen molar-refractivity contribution in [3.05, 3.63) is 35.9 Å². The van der Waals surface area contributed by atoms with Gasteiger partial charge in [0.1, 0.15) is 0 Å². The van der Waals surface area contributed by atoms with E-state index in [4.69, 9.17) is 10.5 Å². The number of hydrogen-bond acceptors (Lipinski definition) is 3. The summed E-state index contributed by atoms with van der Waals surface area (Å²) in [7, 11) is 0. The first-order chi connectivity index (χ1) is 10.2. The van der Waals surface area contributed by atoms with E-state index in [0.29, 0.717) is 19.8 Å². The molecule has 2 heterocycles. The van der Waals surface area contributed by atoms with E-state index < -0.39 is 5.41 Å². The number of hydrogen-bond donors (Lipinski definition) is 1. The van der Waals surface area contributed by atoms with Crippen molar-refractivity contribution in [2.24, 2.45) is 5.73 Å². The molecule has 4 heteroatoms. The molecule has 0 spiro atoms. The van der Waals surface area contributed by atoms with Crippen LogP contribution in [0, 0.1) is 0 Å². The van der Waals surface area contributed by atoms with Gasteiger partial charge in [-0.1, -0.05) is 30.3 Å². The summed E-state index contributed by atoms with van der Waals surface area (Å²) in [6, 6.07) is 10.3. The van der Waals surface area contributed by atoms with Crippen LogP contribution in [0.2, 0.25) is 0 Å². The minimum atomic E-state index is -0.420. The second kappa shape index (κ2) is 6.16. The SMILES string of the molecule is NC1CCCN(C(=O)C2(c3ccccc3)CCOCC2)C1. The number of ether oxygens (including phenoxy) is 1. The zero-order valence-electron chi connectivity index (χ0n) is 12.5. The predicted molar refractivity (Wildman–Crippen MR) is 82.0 cm³/mol. The molecule has 2 aliphatic rings. The van der Waals surface area contributed by atoms with Crippen LogP contribution in [0.15, 0.2) is 30.3 Å². The van der Waals surface area contributed by atoms with E-state index in [1.807, 2.05) is 23.1 Å². The lowest BCUT2D eigenvalue weighted by molar-refractivity contribution is -0.142. The molecule has 2 fully saturated rings. The van der Waals surface area contributed by atoms with Gasteiger partial charge in [0, 0.05) is 32.3 Å². The molecule has 2 N–H and O–H groups in total. The Balaban J connectivity index is 1.90. The summed E-state index contributed by atoms with van der Waals surface area (Å²) in [6.07, 6.45) is 3.56. The van der Waals surface area contributed by atoms with Crippen molar-refractivity contribution < 1.29 is 9.53 Å². The molecule has 1 unspecified atom stereocenters. The Bertz CT molecular complexity index is 483. The quantitative estimate of drug-likeness (QED) is 0.901. The van der Waals surface area contributed by atoms with E-state index >= 15 is 0 Å². The number of carbonyl (C=O) groups excluding carboxylic acids is 1. The first kappa shape index (κ1) is 14.5. The summed E-state index contributed by atoms with van der Waals surface area (Å²) in [4.78, 5) is 15.2. The maximum Gasteiger partial charge on any atom is 0.233 e. The molecule has 0 saturated carbocycles. The Morgan fingerprint density at radius 2 is 1.95 bits per heavy atom. The average Bonchev–Trinajstić information content (AvgIpc) is 2.55. The standard InChI is InChI=1S/C17H24N2O2/c18-15-7-4-10-19(13-15)16(20)17(8-11-21-12-9-17)14-5-2-1-3-6-14/h1-3,5-6,15H,4,7-13,18H2. The Morgan fingerprint density at radius 3 is 2.62 bits per heavy atom. The highest BCUT2D eigenvalue weighted by Crippen LogP contribution is 2.37. The Labute approximate surface area is 126 Å². The van der Waals surface area contributed by atoms with Gasteiger partial charge in [0.2, 0.25) is 5.91 Å². The monoisotopic (exact) mass is 288 g/mol. The van der Waals surface area contributed by atoms with Gasteiger partial charge in [0.05, 0.1) is 5.41 Å². The fourth-order valence-electron chi connectivity index (χ4n) is 3.60. The van der Waals surface area contributed by atoms with E-state index in [2.05, 4.69) is 12.1 Å². The molecule has 1 amide bonds. The third kappa shape index (κ3) is 2.83. The van der Waals surface area contributed by atoms with Crippen LogP contribution in [0.3, 0.4) is 0 Å². The molecule has 1 aromatic carbocycles. The third-order valence-electron chi connectivity index (χ3n) is 4.83. The van der Waals surface area contributed by atoms with Crippen molar-refractivity contribution in [3.63, 3.8) is 0 Å². The van der Waals surface area contributed by atoms with Crippen molar-refractivity contribution in [2.45, 2.75) is 37.1 Å². The fourth-order valence-corrected chi connectivity index (χ4v) is 3.60. The normalized spacial score (nSPS) is 25.6. The molecular formula is C17H24N2O2. The van der Waals surface area contributed by atoms with Crippen LogP contribution >= 0.6 is 0 Å². The van der Waals surface area contributed by atoms with Crippen LogP contribution in [-0.2, 0) is 14.9 Å². The van der Waals surface area contributed by atoms with E-state index in [9.17, 15) is 4.79 Å². The largest absolute Gasteiger partial charge is 0.381 e. The Morgan fingerprint density at radius 1 is 1.24 bits per heavy atom. The molecule has 2 saturated heterocycles. The highest BCUT2D eigenvalue weighted by Gasteiger charge is 2.44. The molecule has 2 aliphatic heterocycles. The van der Waals surface area contributed by atoms with E-state index in [-0.39, 0.29) is 11.9 Å². The van der Waals surface area contributed by atoms with Gasteiger partial charge in [0.15, 0.2) is 0 Å². The molecule has 3 rings (SSSR count). The molecule has 0 aliphatic carbocycles. The van der Waals surface area contributed by atoms with Crippen LogP contribution in [0.5, 0.6) is 0 Å². The molecule has 1 aromatic rings. The number of benzene rings is 1. The number of piperidine rings is 1.